The highest BCUT2D eigenvalue weighted by Crippen LogP contribution is 2.26. The molecule has 0 bridgehead atoms. The Morgan fingerprint density at radius 2 is 1.58 bits per heavy atom. The van der Waals surface area contributed by atoms with Crippen molar-refractivity contribution in [3.05, 3.63) is 0 Å². The first-order valence-corrected chi connectivity index (χ1v) is 6.66. The van der Waals surface area contributed by atoms with Crippen LogP contribution in [0.3, 0.4) is 0 Å². The van der Waals surface area contributed by atoms with Gasteiger partial charge in [0.05, 0.1) is 25.2 Å². The smallest absolute Gasteiger partial charge is 0.306 e. The average molecular weight is 276 g/mol. The molecule has 3 N–H and O–H groups in total. The van der Waals surface area contributed by atoms with Crippen LogP contribution in [0.25, 0.3) is 0 Å². The molecule has 0 aliphatic heterocycles. The van der Waals surface area contributed by atoms with Crippen molar-refractivity contribution in [3.63, 3.8) is 0 Å². The van der Waals surface area contributed by atoms with Gasteiger partial charge in [0.15, 0.2) is 0 Å². The van der Waals surface area contributed by atoms with Gasteiger partial charge in [0.2, 0.25) is 0 Å². The quantitative estimate of drug-likeness (QED) is 0.575. The maximum Gasteiger partial charge on any atom is 0.306 e. The van der Waals surface area contributed by atoms with Crippen LogP contribution in [0.1, 0.15) is 40.5 Å². The van der Waals surface area contributed by atoms with Gasteiger partial charge >= 0.3 is 5.97 Å². The van der Waals surface area contributed by atoms with E-state index in [1.807, 2.05) is 6.92 Å². The third kappa shape index (κ3) is 7.50. The zero-order chi connectivity index (χ0) is 15.1. The largest absolute Gasteiger partial charge is 0.465 e. The Morgan fingerprint density at radius 1 is 1.11 bits per heavy atom. The molecule has 5 nitrogen and oxygen atoms in total. The number of rotatable bonds is 8. The molecule has 0 aromatic carbocycles. The van der Waals surface area contributed by atoms with Crippen molar-refractivity contribution in [1.82, 2.24) is 0 Å². The van der Waals surface area contributed by atoms with Crippen molar-refractivity contribution < 1.29 is 24.9 Å². The molecule has 0 fully saturated rings. The Labute approximate surface area is 115 Å². The summed E-state index contributed by atoms with van der Waals surface area (Å²) in [7, 11) is 0. The van der Waals surface area contributed by atoms with Crippen LogP contribution in [0, 0.1) is 16.7 Å². The van der Waals surface area contributed by atoms with Crippen LogP contribution in [-0.2, 0) is 9.53 Å². The maximum absolute atomic E-state index is 11.7. The highest BCUT2D eigenvalue weighted by atomic mass is 16.5. The third-order valence-corrected chi connectivity index (χ3v) is 3.02. The van der Waals surface area contributed by atoms with Crippen molar-refractivity contribution in [2.45, 2.75) is 40.5 Å². The molecule has 5 heteroatoms. The number of esters is 1. The van der Waals surface area contributed by atoms with E-state index in [9.17, 15) is 4.79 Å². The molecule has 1 atom stereocenters. The lowest BCUT2D eigenvalue weighted by Crippen LogP contribution is -2.39. The number of aliphatic hydroxyl groups excluding tert-OH is 3. The van der Waals surface area contributed by atoms with E-state index in [0.717, 1.165) is 6.42 Å². The average Bonchev–Trinajstić information content (AvgIpc) is 2.29. The van der Waals surface area contributed by atoms with E-state index in [4.69, 9.17) is 20.1 Å². The summed E-state index contributed by atoms with van der Waals surface area (Å²) < 4.78 is 5.05. The van der Waals surface area contributed by atoms with Gasteiger partial charge < -0.3 is 20.1 Å². The summed E-state index contributed by atoms with van der Waals surface area (Å²) in [4.78, 5) is 11.7. The summed E-state index contributed by atoms with van der Waals surface area (Å²) in [5.74, 6) is -0.157. The fraction of sp³-hybridized carbons (Fsp3) is 0.929. The lowest BCUT2D eigenvalue weighted by atomic mass is 9.84. The third-order valence-electron chi connectivity index (χ3n) is 3.02. The first-order chi connectivity index (χ1) is 8.68. The normalized spacial score (nSPS) is 14.3. The minimum absolute atomic E-state index is 0.157. The number of carbonyl (C=O) groups is 1. The summed E-state index contributed by atoms with van der Waals surface area (Å²) in [6.45, 7) is 6.89. The van der Waals surface area contributed by atoms with Crippen molar-refractivity contribution >= 4 is 5.97 Å². The summed E-state index contributed by atoms with van der Waals surface area (Å²) >= 11 is 0. The fourth-order valence-electron chi connectivity index (χ4n) is 1.98. The van der Waals surface area contributed by atoms with E-state index in [0.29, 0.717) is 6.42 Å². The minimum Gasteiger partial charge on any atom is -0.465 e. The summed E-state index contributed by atoms with van der Waals surface area (Å²) in [5.41, 5.74) is -0.992. The van der Waals surface area contributed by atoms with Crippen molar-refractivity contribution in [3.8, 4) is 0 Å². The fourth-order valence-corrected chi connectivity index (χ4v) is 1.98. The van der Waals surface area contributed by atoms with Gasteiger partial charge in [-0.05, 0) is 17.8 Å². The van der Waals surface area contributed by atoms with Crippen molar-refractivity contribution in [1.29, 1.82) is 0 Å². The van der Waals surface area contributed by atoms with Gasteiger partial charge in [0.1, 0.15) is 6.61 Å². The molecule has 0 rings (SSSR count). The molecule has 1 unspecified atom stereocenters. The van der Waals surface area contributed by atoms with Gasteiger partial charge in [-0.15, -0.1) is 0 Å². The molecule has 0 aliphatic rings. The van der Waals surface area contributed by atoms with E-state index in [1.165, 1.54) is 0 Å². The van der Waals surface area contributed by atoms with Crippen LogP contribution < -0.4 is 0 Å². The summed E-state index contributed by atoms with van der Waals surface area (Å²) in [5, 5.41) is 27.3. The Bertz CT molecular complexity index is 257. The van der Waals surface area contributed by atoms with Gasteiger partial charge in [-0.25, -0.2) is 0 Å². The molecule has 0 spiro atoms. The van der Waals surface area contributed by atoms with Crippen LogP contribution >= 0.6 is 0 Å². The van der Waals surface area contributed by atoms with Gasteiger partial charge in [-0.3, -0.25) is 4.79 Å². The molecule has 0 aromatic rings. The number of aliphatic hydroxyl groups is 3. The highest BCUT2D eigenvalue weighted by molar-refractivity contribution is 5.69. The van der Waals surface area contributed by atoms with E-state index < -0.39 is 25.2 Å². The second kappa shape index (κ2) is 7.82. The number of hydrogen-bond acceptors (Lipinski definition) is 5. The molecule has 0 aliphatic carbocycles. The molecule has 0 radical (unpaired) electrons. The predicted octanol–water partition coefficient (Wildman–Crippen LogP) is 0.955. The van der Waals surface area contributed by atoms with Crippen LogP contribution in [-0.4, -0.2) is 47.7 Å². The SMILES string of the molecule is CC(CC(=O)OCC(CO)(CO)CO)CC(C)(C)C. The second-order valence-electron chi connectivity index (χ2n) is 6.71. The first kappa shape index (κ1) is 18.4. The van der Waals surface area contributed by atoms with Crippen LogP contribution in [0.2, 0.25) is 0 Å². The lowest BCUT2D eigenvalue weighted by Gasteiger charge is -2.27. The van der Waals surface area contributed by atoms with Gasteiger partial charge in [-0.2, -0.15) is 0 Å². The Kier molecular flexibility index (Phi) is 7.55. The second-order valence-corrected chi connectivity index (χ2v) is 6.71. The molecule has 0 heterocycles. The lowest BCUT2D eigenvalue weighted by molar-refractivity contribution is -0.152. The van der Waals surface area contributed by atoms with Gasteiger partial charge in [0.25, 0.3) is 0 Å². The van der Waals surface area contributed by atoms with Crippen LogP contribution in [0.4, 0.5) is 0 Å². The molecule has 0 aromatic heterocycles. The zero-order valence-electron chi connectivity index (χ0n) is 12.5. The van der Waals surface area contributed by atoms with E-state index in [-0.39, 0.29) is 23.9 Å². The zero-order valence-corrected chi connectivity index (χ0v) is 12.5. The van der Waals surface area contributed by atoms with Gasteiger partial charge in [-0.1, -0.05) is 27.7 Å². The molecule has 0 amide bonds. The molecular weight excluding hydrogens is 248 g/mol. The highest BCUT2D eigenvalue weighted by Gasteiger charge is 2.30. The first-order valence-electron chi connectivity index (χ1n) is 6.66. The number of ether oxygens (including phenoxy) is 1. The molecule has 19 heavy (non-hydrogen) atoms. The Balaban J connectivity index is 4.18. The molecule has 0 saturated carbocycles. The molecule has 0 saturated heterocycles. The number of hydrogen-bond donors (Lipinski definition) is 3. The number of carbonyl (C=O) groups excluding carboxylic acids is 1. The van der Waals surface area contributed by atoms with E-state index in [2.05, 4.69) is 20.8 Å². The maximum atomic E-state index is 11.7. The topological polar surface area (TPSA) is 87.0 Å². The standard InChI is InChI=1S/C14H28O5/c1-11(6-13(2,3)4)5-12(18)19-10-14(7-15,8-16)9-17/h11,15-17H,5-10H2,1-4H3. The summed E-state index contributed by atoms with van der Waals surface area (Å²) in [6, 6.07) is 0. The summed E-state index contributed by atoms with van der Waals surface area (Å²) in [6.07, 6.45) is 1.21. The Hall–Kier alpha value is -0.650. The molecule has 114 valence electrons. The van der Waals surface area contributed by atoms with Crippen LogP contribution in [0.15, 0.2) is 0 Å². The van der Waals surface area contributed by atoms with Crippen molar-refractivity contribution in [2.24, 2.45) is 16.7 Å². The van der Waals surface area contributed by atoms with Crippen LogP contribution in [0.5, 0.6) is 0 Å². The predicted molar refractivity (Wildman–Crippen MR) is 72.5 cm³/mol. The van der Waals surface area contributed by atoms with E-state index >= 15 is 0 Å². The van der Waals surface area contributed by atoms with Crippen molar-refractivity contribution in [2.75, 3.05) is 26.4 Å². The van der Waals surface area contributed by atoms with Gasteiger partial charge in [0, 0.05) is 6.42 Å². The minimum atomic E-state index is -1.15. The molecular formula is C14H28O5. The van der Waals surface area contributed by atoms with E-state index in [1.54, 1.807) is 0 Å². The monoisotopic (exact) mass is 276 g/mol. The Morgan fingerprint density at radius 3 is 1.95 bits per heavy atom.